The number of carbonyl (C=O) groups excluding carboxylic acids is 1. The first kappa shape index (κ1) is 18.6. The Morgan fingerprint density at radius 2 is 1.96 bits per heavy atom. The van der Waals surface area contributed by atoms with Crippen molar-refractivity contribution in [2.75, 3.05) is 59.2 Å². The van der Waals surface area contributed by atoms with Crippen LogP contribution in [0.1, 0.15) is 12.8 Å². The quantitative estimate of drug-likeness (QED) is 0.639. The van der Waals surface area contributed by atoms with E-state index >= 15 is 0 Å². The van der Waals surface area contributed by atoms with Crippen LogP contribution in [0.5, 0.6) is 0 Å². The minimum atomic E-state index is -3.35. The summed E-state index contributed by atoms with van der Waals surface area (Å²) in [7, 11) is -1.80. The number of hydrogen-bond donors (Lipinski definition) is 2. The van der Waals surface area contributed by atoms with Crippen molar-refractivity contribution in [2.24, 2.45) is 5.92 Å². The van der Waals surface area contributed by atoms with Crippen molar-refractivity contribution in [3.8, 4) is 0 Å². The van der Waals surface area contributed by atoms with E-state index in [1.807, 2.05) is 4.90 Å². The highest BCUT2D eigenvalue weighted by atomic mass is 32.2. The van der Waals surface area contributed by atoms with E-state index in [1.54, 1.807) is 7.05 Å². The van der Waals surface area contributed by atoms with Gasteiger partial charge in [0.1, 0.15) is 0 Å². The maximum Gasteiger partial charge on any atom is 0.225 e. The van der Waals surface area contributed by atoms with Crippen molar-refractivity contribution in [3.63, 3.8) is 0 Å². The molecule has 1 atom stereocenters. The smallest absolute Gasteiger partial charge is 0.225 e. The van der Waals surface area contributed by atoms with Gasteiger partial charge in [0, 0.05) is 65.8 Å². The number of nitrogens with one attached hydrogen (secondary N) is 1. The molecule has 2 fully saturated rings. The Hall–Kier alpha value is -0.740. The van der Waals surface area contributed by atoms with Crippen LogP contribution in [0.15, 0.2) is 0 Å². The van der Waals surface area contributed by atoms with Gasteiger partial charge in [-0.05, 0) is 0 Å². The average Bonchev–Trinajstić information content (AvgIpc) is 2.69. The van der Waals surface area contributed by atoms with E-state index in [1.165, 1.54) is 4.31 Å². The topological polar surface area (TPSA) is 99.2 Å². The summed E-state index contributed by atoms with van der Waals surface area (Å²) in [5.41, 5.74) is -0.828. The zero-order chi connectivity index (χ0) is 17.1. The van der Waals surface area contributed by atoms with Crippen molar-refractivity contribution in [1.29, 1.82) is 0 Å². The van der Waals surface area contributed by atoms with Crippen LogP contribution in [0.2, 0.25) is 0 Å². The Morgan fingerprint density at radius 3 is 2.52 bits per heavy atom. The first-order chi connectivity index (χ1) is 10.7. The molecule has 0 unspecified atom stereocenters. The molecule has 0 aromatic heterocycles. The highest BCUT2D eigenvalue weighted by Gasteiger charge is 2.36. The van der Waals surface area contributed by atoms with E-state index in [4.69, 9.17) is 4.74 Å². The van der Waals surface area contributed by atoms with Gasteiger partial charge in [-0.25, -0.2) is 12.7 Å². The van der Waals surface area contributed by atoms with E-state index in [9.17, 15) is 18.3 Å². The van der Waals surface area contributed by atoms with Gasteiger partial charge in [-0.3, -0.25) is 9.69 Å². The molecule has 0 spiro atoms. The van der Waals surface area contributed by atoms with Gasteiger partial charge in [-0.15, -0.1) is 0 Å². The summed E-state index contributed by atoms with van der Waals surface area (Å²) in [6.45, 7) is 2.94. The molecule has 2 N–H and O–H groups in total. The molecule has 2 rings (SSSR count). The first-order valence-electron chi connectivity index (χ1n) is 7.93. The molecule has 0 saturated carbocycles. The second-order valence-electron chi connectivity index (χ2n) is 6.50. The third kappa shape index (κ3) is 5.12. The van der Waals surface area contributed by atoms with Crippen molar-refractivity contribution in [3.05, 3.63) is 0 Å². The van der Waals surface area contributed by atoms with Crippen LogP contribution < -0.4 is 5.32 Å². The molecule has 1 amide bonds. The van der Waals surface area contributed by atoms with E-state index in [-0.39, 0.29) is 12.5 Å². The zero-order valence-corrected chi connectivity index (χ0v) is 14.6. The molecule has 2 aliphatic heterocycles. The number of rotatable bonds is 4. The zero-order valence-electron chi connectivity index (χ0n) is 13.8. The van der Waals surface area contributed by atoms with Crippen LogP contribution in [0.3, 0.4) is 0 Å². The van der Waals surface area contributed by atoms with Gasteiger partial charge >= 0.3 is 0 Å². The standard InChI is InChI=1S/C14H27N3O5S/c1-15-13(18)12-9-16(5-6-17(10-12)23(2,20)21)11-14(19)3-7-22-8-4-14/h12,19H,3-11H2,1-2H3,(H,15,18)/t12-/m1/s1. The largest absolute Gasteiger partial charge is 0.388 e. The molecule has 0 bridgehead atoms. The van der Waals surface area contributed by atoms with E-state index in [0.29, 0.717) is 52.2 Å². The van der Waals surface area contributed by atoms with Crippen molar-refractivity contribution >= 4 is 15.9 Å². The third-order valence-electron chi connectivity index (χ3n) is 4.60. The number of hydrogen-bond acceptors (Lipinski definition) is 6. The lowest BCUT2D eigenvalue weighted by molar-refractivity contribution is -0.125. The van der Waals surface area contributed by atoms with E-state index < -0.39 is 21.5 Å². The summed E-state index contributed by atoms with van der Waals surface area (Å²) in [5, 5.41) is 13.3. The number of β-amino-alcohol motifs (C(OH)–C–C–N with tert-alkyl or cyclic N) is 1. The number of ether oxygens (including phenoxy) is 1. The van der Waals surface area contributed by atoms with Gasteiger partial charge in [0.15, 0.2) is 0 Å². The molecule has 0 aromatic rings. The van der Waals surface area contributed by atoms with E-state index in [2.05, 4.69) is 5.32 Å². The fraction of sp³-hybridized carbons (Fsp3) is 0.929. The Bertz CT molecular complexity index is 519. The molecule has 0 aromatic carbocycles. The van der Waals surface area contributed by atoms with Gasteiger partial charge in [-0.1, -0.05) is 0 Å². The summed E-state index contributed by atoms with van der Waals surface area (Å²) in [6.07, 6.45) is 2.28. The number of carbonyl (C=O) groups is 1. The maximum absolute atomic E-state index is 12.1. The predicted octanol–water partition coefficient (Wildman–Crippen LogP) is -1.53. The second kappa shape index (κ2) is 7.43. The molecule has 9 heteroatoms. The molecule has 2 aliphatic rings. The number of sulfonamides is 1. The summed E-state index contributed by atoms with van der Waals surface area (Å²) in [5.74, 6) is -0.620. The van der Waals surface area contributed by atoms with Crippen LogP contribution in [0, 0.1) is 5.92 Å². The van der Waals surface area contributed by atoms with Crippen LogP contribution in [0.25, 0.3) is 0 Å². The Labute approximate surface area is 137 Å². The summed E-state index contributed by atoms with van der Waals surface area (Å²) in [6, 6.07) is 0. The molecular weight excluding hydrogens is 322 g/mol. The molecule has 2 saturated heterocycles. The van der Waals surface area contributed by atoms with E-state index in [0.717, 1.165) is 6.26 Å². The third-order valence-corrected chi connectivity index (χ3v) is 5.87. The lowest BCUT2D eigenvalue weighted by Crippen LogP contribution is -2.49. The SMILES string of the molecule is CNC(=O)[C@@H]1CN(CC2(O)CCOCC2)CCN(S(C)(=O)=O)C1. The number of aliphatic hydroxyl groups is 1. The lowest BCUT2D eigenvalue weighted by Gasteiger charge is -2.37. The maximum atomic E-state index is 12.1. The Morgan fingerprint density at radius 1 is 1.30 bits per heavy atom. The van der Waals surface area contributed by atoms with Crippen LogP contribution >= 0.6 is 0 Å². The molecular formula is C14H27N3O5S. The normalized spacial score (nSPS) is 27.3. The van der Waals surface area contributed by atoms with Crippen LogP contribution in [-0.2, 0) is 19.6 Å². The monoisotopic (exact) mass is 349 g/mol. The Balaban J connectivity index is 2.10. The predicted molar refractivity (Wildman–Crippen MR) is 85.4 cm³/mol. The molecule has 134 valence electrons. The molecule has 23 heavy (non-hydrogen) atoms. The number of nitrogens with zero attached hydrogens (tertiary/aromatic N) is 2. The highest BCUT2D eigenvalue weighted by Crippen LogP contribution is 2.23. The van der Waals surface area contributed by atoms with Gasteiger partial charge in [0.25, 0.3) is 0 Å². The van der Waals surface area contributed by atoms with Crippen LogP contribution in [0.4, 0.5) is 0 Å². The molecule has 8 nitrogen and oxygen atoms in total. The lowest BCUT2D eigenvalue weighted by atomic mass is 9.93. The average molecular weight is 349 g/mol. The van der Waals surface area contributed by atoms with Gasteiger partial charge in [0.05, 0.1) is 17.8 Å². The van der Waals surface area contributed by atoms with Gasteiger partial charge < -0.3 is 15.2 Å². The van der Waals surface area contributed by atoms with Gasteiger partial charge in [0.2, 0.25) is 15.9 Å². The van der Waals surface area contributed by atoms with Crippen molar-refractivity contribution in [2.45, 2.75) is 18.4 Å². The molecule has 2 heterocycles. The summed E-state index contributed by atoms with van der Waals surface area (Å²) in [4.78, 5) is 14.1. The minimum Gasteiger partial charge on any atom is -0.388 e. The fourth-order valence-electron chi connectivity index (χ4n) is 3.19. The fourth-order valence-corrected chi connectivity index (χ4v) is 4.06. The molecule has 0 radical (unpaired) electrons. The number of amides is 1. The first-order valence-corrected chi connectivity index (χ1v) is 9.77. The summed E-state index contributed by atoms with van der Waals surface area (Å²) >= 11 is 0. The van der Waals surface area contributed by atoms with Crippen molar-refractivity contribution < 1.29 is 23.1 Å². The minimum absolute atomic E-state index is 0.176. The molecule has 0 aliphatic carbocycles. The Kier molecular flexibility index (Phi) is 6.01. The van der Waals surface area contributed by atoms with Gasteiger partial charge in [-0.2, -0.15) is 0 Å². The second-order valence-corrected chi connectivity index (χ2v) is 8.49. The highest BCUT2D eigenvalue weighted by molar-refractivity contribution is 7.88. The van der Waals surface area contributed by atoms with Crippen molar-refractivity contribution in [1.82, 2.24) is 14.5 Å². The summed E-state index contributed by atoms with van der Waals surface area (Å²) < 4.78 is 30.4. The van der Waals surface area contributed by atoms with Crippen LogP contribution in [-0.4, -0.2) is 93.5 Å².